The SMILES string of the molecule is O=S(=O)(c1ccccc1)c1ccc(COc2nc3cc(O)c(O)cc3c3ccc(O)c(O)c23)cc1. The van der Waals surface area contributed by atoms with Gasteiger partial charge in [0.15, 0.2) is 23.0 Å². The minimum absolute atomic E-state index is 0.00743. The van der Waals surface area contributed by atoms with Crippen molar-refractivity contribution in [2.24, 2.45) is 0 Å². The molecule has 0 saturated carbocycles. The lowest BCUT2D eigenvalue weighted by atomic mass is 10.0. The van der Waals surface area contributed by atoms with Crippen molar-refractivity contribution < 1.29 is 33.6 Å². The summed E-state index contributed by atoms with van der Waals surface area (Å²) in [6.45, 7) is -0.0154. The molecule has 0 amide bonds. The Balaban J connectivity index is 1.50. The van der Waals surface area contributed by atoms with E-state index in [2.05, 4.69) is 4.98 Å². The van der Waals surface area contributed by atoms with E-state index in [1.54, 1.807) is 36.4 Å². The zero-order chi connectivity index (χ0) is 24.7. The lowest BCUT2D eigenvalue weighted by molar-refractivity contribution is 0.297. The van der Waals surface area contributed by atoms with Gasteiger partial charge in [-0.25, -0.2) is 13.4 Å². The maximum Gasteiger partial charge on any atom is 0.226 e. The monoisotopic (exact) mass is 489 g/mol. The molecule has 35 heavy (non-hydrogen) atoms. The molecule has 0 aliphatic rings. The number of phenols is 4. The van der Waals surface area contributed by atoms with Gasteiger partial charge in [-0.3, -0.25) is 0 Å². The number of nitrogens with zero attached hydrogens (tertiary/aromatic N) is 1. The molecule has 0 aliphatic heterocycles. The third kappa shape index (κ3) is 3.91. The Hall–Kier alpha value is -4.50. The highest BCUT2D eigenvalue weighted by atomic mass is 32.2. The fourth-order valence-corrected chi connectivity index (χ4v) is 5.10. The van der Waals surface area contributed by atoms with E-state index in [4.69, 9.17) is 4.74 Å². The van der Waals surface area contributed by atoms with Crippen LogP contribution in [0.2, 0.25) is 0 Å². The van der Waals surface area contributed by atoms with Gasteiger partial charge in [0.25, 0.3) is 0 Å². The van der Waals surface area contributed by atoms with Crippen LogP contribution in [-0.4, -0.2) is 33.8 Å². The van der Waals surface area contributed by atoms with Crippen LogP contribution in [0, 0.1) is 0 Å². The minimum atomic E-state index is -3.65. The lowest BCUT2D eigenvalue weighted by Crippen LogP contribution is -2.03. The molecule has 176 valence electrons. The first-order chi connectivity index (χ1) is 16.8. The second-order valence-corrected chi connectivity index (χ2v) is 9.83. The number of benzene rings is 4. The number of rotatable bonds is 5. The molecule has 4 N–H and O–H groups in total. The van der Waals surface area contributed by atoms with Crippen molar-refractivity contribution in [3.63, 3.8) is 0 Å². The topological polar surface area (TPSA) is 137 Å². The van der Waals surface area contributed by atoms with E-state index >= 15 is 0 Å². The van der Waals surface area contributed by atoms with Gasteiger partial charge in [-0.2, -0.15) is 0 Å². The smallest absolute Gasteiger partial charge is 0.226 e. The number of sulfone groups is 1. The number of aromatic hydroxyl groups is 4. The molecule has 4 aromatic carbocycles. The molecule has 0 fully saturated rings. The summed E-state index contributed by atoms with van der Waals surface area (Å²) in [4.78, 5) is 4.69. The van der Waals surface area contributed by atoms with Crippen LogP contribution in [0.15, 0.2) is 88.7 Å². The van der Waals surface area contributed by atoms with Crippen LogP contribution in [0.3, 0.4) is 0 Å². The quantitative estimate of drug-likeness (QED) is 0.207. The molecule has 1 heterocycles. The highest BCUT2D eigenvalue weighted by Crippen LogP contribution is 2.43. The fraction of sp³-hybridized carbons (Fsp3) is 0.0385. The summed E-state index contributed by atoms with van der Waals surface area (Å²) in [5.41, 5.74) is 0.942. The van der Waals surface area contributed by atoms with Crippen LogP contribution in [0.5, 0.6) is 28.9 Å². The first-order valence-electron chi connectivity index (χ1n) is 10.5. The van der Waals surface area contributed by atoms with Crippen LogP contribution in [-0.2, 0) is 16.4 Å². The first-order valence-corrected chi connectivity index (χ1v) is 12.0. The summed E-state index contributed by atoms with van der Waals surface area (Å²) in [6.07, 6.45) is 0. The second-order valence-electron chi connectivity index (χ2n) is 7.88. The van der Waals surface area contributed by atoms with Gasteiger partial charge in [-0.1, -0.05) is 30.3 Å². The number of aromatic nitrogens is 1. The molecule has 0 spiro atoms. The van der Waals surface area contributed by atoms with Crippen molar-refractivity contribution in [1.29, 1.82) is 0 Å². The van der Waals surface area contributed by atoms with Crippen molar-refractivity contribution in [1.82, 2.24) is 4.98 Å². The van der Waals surface area contributed by atoms with Crippen molar-refractivity contribution in [2.75, 3.05) is 0 Å². The molecule has 0 radical (unpaired) electrons. The van der Waals surface area contributed by atoms with E-state index < -0.39 is 15.6 Å². The number of pyridine rings is 1. The van der Waals surface area contributed by atoms with E-state index in [1.165, 1.54) is 42.5 Å². The van der Waals surface area contributed by atoms with E-state index in [0.29, 0.717) is 21.9 Å². The van der Waals surface area contributed by atoms with Crippen LogP contribution < -0.4 is 4.74 Å². The van der Waals surface area contributed by atoms with Gasteiger partial charge in [0.05, 0.1) is 20.7 Å². The molecule has 0 aliphatic carbocycles. The predicted molar refractivity (Wildman–Crippen MR) is 129 cm³/mol. The fourth-order valence-electron chi connectivity index (χ4n) is 3.82. The van der Waals surface area contributed by atoms with E-state index in [0.717, 1.165) is 0 Å². The molecule has 8 nitrogen and oxygen atoms in total. The summed E-state index contributed by atoms with van der Waals surface area (Å²) in [6, 6.07) is 19.7. The summed E-state index contributed by atoms with van der Waals surface area (Å²) in [5, 5.41) is 41.3. The van der Waals surface area contributed by atoms with Crippen molar-refractivity contribution in [3.05, 3.63) is 84.4 Å². The van der Waals surface area contributed by atoms with Gasteiger partial charge in [-0.15, -0.1) is 0 Å². The number of ether oxygens (including phenoxy) is 1. The predicted octanol–water partition coefficient (Wildman–Crippen LogP) is 4.62. The highest BCUT2D eigenvalue weighted by molar-refractivity contribution is 7.91. The van der Waals surface area contributed by atoms with Crippen LogP contribution in [0.1, 0.15) is 5.56 Å². The summed E-state index contributed by atoms with van der Waals surface area (Å²) >= 11 is 0. The van der Waals surface area contributed by atoms with Crippen molar-refractivity contribution in [2.45, 2.75) is 16.4 Å². The molecule has 0 bridgehead atoms. The normalized spacial score (nSPS) is 11.7. The van der Waals surface area contributed by atoms with Crippen LogP contribution in [0.4, 0.5) is 0 Å². The largest absolute Gasteiger partial charge is 0.504 e. The Morgan fingerprint density at radius 1 is 0.714 bits per heavy atom. The molecule has 9 heteroatoms. The van der Waals surface area contributed by atoms with Crippen molar-refractivity contribution >= 4 is 31.5 Å². The van der Waals surface area contributed by atoms with Gasteiger partial charge < -0.3 is 25.2 Å². The molecule has 0 unspecified atom stereocenters. The van der Waals surface area contributed by atoms with Crippen LogP contribution >= 0.6 is 0 Å². The number of hydrogen-bond donors (Lipinski definition) is 4. The van der Waals surface area contributed by atoms with E-state index in [-0.39, 0.29) is 44.9 Å². The molecule has 1 aromatic heterocycles. The zero-order valence-corrected chi connectivity index (χ0v) is 18.9. The number of phenolic OH excluding ortho intramolecular Hbond substituents is 4. The average molecular weight is 490 g/mol. The third-order valence-electron chi connectivity index (χ3n) is 5.64. The van der Waals surface area contributed by atoms with Gasteiger partial charge >= 0.3 is 0 Å². The standard InChI is InChI=1S/C26H19NO7S/c28-21-11-10-18-19-12-22(29)23(30)13-20(19)27-26(24(18)25(21)31)34-14-15-6-8-17(9-7-15)35(32,33)16-4-2-1-3-5-16/h1-13,28-31H,14H2. The molecule has 0 saturated heterocycles. The number of fused-ring (bicyclic) bond motifs is 3. The lowest BCUT2D eigenvalue weighted by Gasteiger charge is -2.14. The maximum absolute atomic E-state index is 12.8. The summed E-state index contributed by atoms with van der Waals surface area (Å²) in [7, 11) is -3.65. The third-order valence-corrected chi connectivity index (χ3v) is 7.42. The molecule has 5 aromatic rings. The van der Waals surface area contributed by atoms with E-state index in [9.17, 15) is 28.8 Å². The molecule has 5 rings (SSSR count). The zero-order valence-electron chi connectivity index (χ0n) is 18.1. The first kappa shape index (κ1) is 22.3. The van der Waals surface area contributed by atoms with Gasteiger partial charge in [-0.05, 0) is 48.0 Å². The highest BCUT2D eigenvalue weighted by Gasteiger charge is 2.19. The Kier molecular flexibility index (Phi) is 5.33. The average Bonchev–Trinajstić information content (AvgIpc) is 2.86. The summed E-state index contributed by atoms with van der Waals surface area (Å²) < 4.78 is 31.4. The molecule has 0 atom stereocenters. The molecular formula is C26H19NO7S. The molecular weight excluding hydrogens is 470 g/mol. The van der Waals surface area contributed by atoms with Gasteiger partial charge in [0.1, 0.15) is 6.61 Å². The summed E-state index contributed by atoms with van der Waals surface area (Å²) in [5.74, 6) is -1.54. The Labute approximate surface area is 199 Å². The van der Waals surface area contributed by atoms with E-state index in [1.807, 2.05) is 0 Å². The maximum atomic E-state index is 12.8. The van der Waals surface area contributed by atoms with Gasteiger partial charge in [0.2, 0.25) is 15.7 Å². The Morgan fingerprint density at radius 3 is 2.09 bits per heavy atom. The Bertz CT molecular complexity index is 1680. The van der Waals surface area contributed by atoms with Crippen molar-refractivity contribution in [3.8, 4) is 28.9 Å². The number of hydrogen-bond acceptors (Lipinski definition) is 8. The van der Waals surface area contributed by atoms with Crippen LogP contribution in [0.25, 0.3) is 21.7 Å². The minimum Gasteiger partial charge on any atom is -0.504 e. The Morgan fingerprint density at radius 2 is 1.37 bits per heavy atom. The van der Waals surface area contributed by atoms with Gasteiger partial charge in [0, 0.05) is 16.8 Å². The second kappa shape index (κ2) is 8.37.